The second-order valence-corrected chi connectivity index (χ2v) is 6.32. The van der Waals surface area contributed by atoms with Crippen LogP contribution in [0, 0.1) is 12.7 Å². The number of methoxy groups -OCH3 is 1. The van der Waals surface area contributed by atoms with Gasteiger partial charge in [0.2, 0.25) is 0 Å². The van der Waals surface area contributed by atoms with Crippen LogP contribution in [0.1, 0.15) is 40.4 Å². The maximum atomic E-state index is 13.5. The Labute approximate surface area is 162 Å². The molecule has 0 bridgehead atoms. The Morgan fingerprint density at radius 3 is 2.63 bits per heavy atom. The van der Waals surface area contributed by atoms with Gasteiger partial charge in [-0.1, -0.05) is 0 Å². The average molecular weight is 397 g/mol. The van der Waals surface area contributed by atoms with E-state index in [1.54, 1.807) is 13.0 Å². The van der Waals surface area contributed by atoms with E-state index in [9.17, 15) is 14.0 Å². The molecule has 3 rings (SSSR count). The summed E-state index contributed by atoms with van der Waals surface area (Å²) >= 11 is 0. The van der Waals surface area contributed by atoms with Crippen molar-refractivity contribution in [1.29, 1.82) is 0 Å². The van der Waals surface area contributed by atoms with Crippen LogP contribution in [-0.4, -0.2) is 26.1 Å². The molecule has 2 heterocycles. The van der Waals surface area contributed by atoms with Crippen molar-refractivity contribution in [2.45, 2.75) is 25.7 Å². The third-order valence-electron chi connectivity index (χ3n) is 4.55. The van der Waals surface area contributed by atoms with E-state index in [1.807, 2.05) is 0 Å². The number of hydrogen-bond acceptors (Lipinski definition) is 5. The Bertz CT molecular complexity index is 878. The molecule has 1 aromatic carbocycles. The van der Waals surface area contributed by atoms with Crippen molar-refractivity contribution in [3.63, 3.8) is 0 Å². The minimum atomic E-state index is -0.689. The van der Waals surface area contributed by atoms with Crippen LogP contribution in [0.4, 0.5) is 10.1 Å². The summed E-state index contributed by atoms with van der Waals surface area (Å²) in [4.78, 5) is 25.0. The van der Waals surface area contributed by atoms with Gasteiger partial charge in [-0.25, -0.2) is 9.18 Å². The number of aryl methyl sites for hydroxylation is 1. The lowest BCUT2D eigenvalue weighted by molar-refractivity contribution is 0.102. The number of anilines is 1. The van der Waals surface area contributed by atoms with Gasteiger partial charge in [0.25, 0.3) is 5.91 Å². The van der Waals surface area contributed by atoms with Gasteiger partial charge in [-0.3, -0.25) is 4.79 Å². The van der Waals surface area contributed by atoms with Crippen LogP contribution in [0.5, 0.6) is 5.75 Å². The van der Waals surface area contributed by atoms with E-state index in [-0.39, 0.29) is 29.6 Å². The number of carbonyl (C=O) groups excluding carboxylic acids is 1. The number of carbonyl (C=O) groups is 1. The number of hydrogen-bond donors (Lipinski definition) is 2. The Balaban J connectivity index is 0.00000261. The largest absolute Gasteiger partial charge is 0.495 e. The molecule has 2 N–H and O–H groups in total. The van der Waals surface area contributed by atoms with Gasteiger partial charge in [-0.2, -0.15) is 0 Å². The minimum absolute atomic E-state index is 0. The van der Waals surface area contributed by atoms with Crippen molar-refractivity contribution < 1.29 is 18.3 Å². The van der Waals surface area contributed by atoms with Gasteiger partial charge in [-0.15, -0.1) is 12.4 Å². The third-order valence-corrected chi connectivity index (χ3v) is 4.55. The summed E-state index contributed by atoms with van der Waals surface area (Å²) in [5.41, 5.74) is -0.0956. The Hall–Kier alpha value is -2.38. The third kappa shape index (κ3) is 4.67. The molecule has 2 aromatic rings. The van der Waals surface area contributed by atoms with Crippen molar-refractivity contribution in [1.82, 2.24) is 5.32 Å². The van der Waals surface area contributed by atoms with E-state index >= 15 is 0 Å². The normalized spacial score (nSPS) is 14.3. The molecule has 1 saturated heterocycles. The van der Waals surface area contributed by atoms with E-state index in [1.165, 1.54) is 19.2 Å². The number of halogens is 2. The predicted octanol–water partition coefficient (Wildman–Crippen LogP) is 3.24. The lowest BCUT2D eigenvalue weighted by Crippen LogP contribution is -2.28. The molecular formula is C19H22ClFN2O4. The van der Waals surface area contributed by atoms with Crippen molar-refractivity contribution in [2.75, 3.05) is 25.5 Å². The van der Waals surface area contributed by atoms with Crippen LogP contribution >= 0.6 is 12.4 Å². The van der Waals surface area contributed by atoms with E-state index < -0.39 is 17.3 Å². The number of benzene rings is 1. The lowest BCUT2D eigenvalue weighted by Gasteiger charge is -2.22. The highest BCUT2D eigenvalue weighted by Gasteiger charge is 2.23. The monoisotopic (exact) mass is 396 g/mol. The summed E-state index contributed by atoms with van der Waals surface area (Å²) < 4.78 is 24.0. The zero-order chi connectivity index (χ0) is 18.7. The van der Waals surface area contributed by atoms with E-state index in [4.69, 9.17) is 9.15 Å². The van der Waals surface area contributed by atoms with Gasteiger partial charge < -0.3 is 19.8 Å². The second kappa shape index (κ2) is 9.01. The van der Waals surface area contributed by atoms with Gasteiger partial charge in [0.05, 0.1) is 12.8 Å². The maximum absolute atomic E-state index is 13.5. The van der Waals surface area contributed by atoms with Crippen molar-refractivity contribution in [2.24, 2.45) is 0 Å². The van der Waals surface area contributed by atoms with Crippen molar-refractivity contribution in [3.05, 3.63) is 57.4 Å². The molecule has 0 aliphatic carbocycles. The lowest BCUT2D eigenvalue weighted by atomic mass is 9.94. The molecule has 1 aliphatic rings. The maximum Gasteiger partial charge on any atom is 0.349 e. The number of amides is 1. The zero-order valence-electron chi connectivity index (χ0n) is 15.1. The summed E-state index contributed by atoms with van der Waals surface area (Å²) in [5.74, 6) is -0.104. The molecule has 0 atom stereocenters. The highest BCUT2D eigenvalue weighted by atomic mass is 35.5. The molecular weight excluding hydrogens is 375 g/mol. The standard InChI is InChI=1S/C19H21FN2O4.ClH/c1-11-9-16(12-5-7-21-8-6-12)26-19(24)17(11)18(23)22-14-10-13(20)3-4-15(14)25-2;/h3-4,9-10,12,21H,5-8H2,1-2H3,(H,22,23);1H. The van der Waals surface area contributed by atoms with Crippen LogP contribution in [-0.2, 0) is 0 Å². The molecule has 27 heavy (non-hydrogen) atoms. The Kier molecular flexibility index (Phi) is 6.98. The first-order chi connectivity index (χ1) is 12.5. The molecule has 0 unspecified atom stereocenters. The average Bonchev–Trinajstić information content (AvgIpc) is 2.62. The first-order valence-electron chi connectivity index (χ1n) is 8.50. The second-order valence-electron chi connectivity index (χ2n) is 6.32. The summed E-state index contributed by atoms with van der Waals surface area (Å²) in [6, 6.07) is 5.51. The summed E-state index contributed by atoms with van der Waals surface area (Å²) in [7, 11) is 1.41. The summed E-state index contributed by atoms with van der Waals surface area (Å²) in [6.07, 6.45) is 1.77. The fraction of sp³-hybridized carbons (Fsp3) is 0.368. The fourth-order valence-corrected chi connectivity index (χ4v) is 3.18. The van der Waals surface area contributed by atoms with Crippen molar-refractivity contribution in [3.8, 4) is 5.75 Å². The zero-order valence-corrected chi connectivity index (χ0v) is 16.0. The fourth-order valence-electron chi connectivity index (χ4n) is 3.18. The summed E-state index contributed by atoms with van der Waals surface area (Å²) in [5, 5.41) is 5.78. The topological polar surface area (TPSA) is 80.6 Å². The van der Waals surface area contributed by atoms with Crippen LogP contribution in [0.2, 0.25) is 0 Å². The molecule has 1 amide bonds. The predicted molar refractivity (Wildman–Crippen MR) is 103 cm³/mol. The number of rotatable bonds is 4. The van der Waals surface area contributed by atoms with Gasteiger partial charge in [0, 0.05) is 12.0 Å². The number of ether oxygens (including phenoxy) is 1. The van der Waals surface area contributed by atoms with Gasteiger partial charge in [0.1, 0.15) is 22.9 Å². The molecule has 146 valence electrons. The highest BCUT2D eigenvalue weighted by Crippen LogP contribution is 2.27. The van der Waals surface area contributed by atoms with Gasteiger partial charge in [0.15, 0.2) is 0 Å². The van der Waals surface area contributed by atoms with Gasteiger partial charge >= 0.3 is 5.63 Å². The first kappa shape index (κ1) is 20.9. The first-order valence-corrected chi connectivity index (χ1v) is 8.50. The quantitative estimate of drug-likeness (QED) is 0.829. The molecule has 1 aliphatic heterocycles. The van der Waals surface area contributed by atoms with Crippen LogP contribution in [0.25, 0.3) is 0 Å². The Morgan fingerprint density at radius 2 is 2.00 bits per heavy atom. The molecule has 0 saturated carbocycles. The molecule has 1 fully saturated rings. The van der Waals surface area contributed by atoms with Crippen LogP contribution < -0.4 is 21.0 Å². The molecule has 0 spiro atoms. The Morgan fingerprint density at radius 1 is 1.30 bits per heavy atom. The molecule has 0 radical (unpaired) electrons. The van der Waals surface area contributed by atoms with Gasteiger partial charge in [-0.05, 0) is 56.6 Å². The summed E-state index contributed by atoms with van der Waals surface area (Å²) in [6.45, 7) is 3.43. The smallest absolute Gasteiger partial charge is 0.349 e. The number of piperidine rings is 1. The highest BCUT2D eigenvalue weighted by molar-refractivity contribution is 6.05. The van der Waals surface area contributed by atoms with E-state index in [2.05, 4.69) is 10.6 Å². The molecule has 6 nitrogen and oxygen atoms in total. The van der Waals surface area contributed by atoms with Crippen LogP contribution in [0.3, 0.4) is 0 Å². The SMILES string of the molecule is COc1ccc(F)cc1NC(=O)c1c(C)cc(C2CCNCC2)oc1=O.Cl. The number of nitrogens with one attached hydrogen (secondary N) is 2. The van der Waals surface area contributed by atoms with Crippen molar-refractivity contribution >= 4 is 24.0 Å². The van der Waals surface area contributed by atoms with E-state index in [0.29, 0.717) is 17.1 Å². The van der Waals surface area contributed by atoms with E-state index in [0.717, 1.165) is 32.0 Å². The minimum Gasteiger partial charge on any atom is -0.495 e. The molecule has 8 heteroatoms. The van der Waals surface area contributed by atoms with Crippen LogP contribution in [0.15, 0.2) is 33.5 Å². The molecule has 1 aromatic heterocycles.